The van der Waals surface area contributed by atoms with Gasteiger partial charge in [0.2, 0.25) is 0 Å². The van der Waals surface area contributed by atoms with Gasteiger partial charge in [-0.2, -0.15) is 0 Å². The topological polar surface area (TPSA) is 124 Å². The standard InChI is InChI=1S/C40H41IN2O9S/c1-7-11-28-18-26(19-32(49-9-3)37(28)52-22-25-12-15-29(41)16-13-25)20-33-38(45)43-36(35(39(46)50-10-4)24(5)42-40(43)53-33)27-14-17-30(31(21-27)48-8-2)51-23-34(44)47-6/h7,12-21,36H,1,8-11,22-23H2,2-6H3/b33-20-/t36-/m0/s1. The zero-order valence-electron chi connectivity index (χ0n) is 30.2. The molecule has 0 radical (unpaired) electrons. The van der Waals surface area contributed by atoms with Crippen LogP contribution < -0.4 is 33.8 Å². The molecule has 0 fully saturated rings. The van der Waals surface area contributed by atoms with E-state index in [1.165, 1.54) is 23.0 Å². The Morgan fingerprint density at radius 2 is 1.68 bits per heavy atom. The van der Waals surface area contributed by atoms with Gasteiger partial charge in [-0.05, 0) is 116 Å². The zero-order chi connectivity index (χ0) is 38.1. The predicted molar refractivity (Wildman–Crippen MR) is 211 cm³/mol. The Balaban J connectivity index is 1.63. The first kappa shape index (κ1) is 39.3. The van der Waals surface area contributed by atoms with Gasteiger partial charge >= 0.3 is 11.9 Å². The second kappa shape index (κ2) is 18.2. The van der Waals surface area contributed by atoms with Gasteiger partial charge in [-0.1, -0.05) is 35.6 Å². The number of carbonyl (C=O) groups excluding carboxylic acids is 2. The molecule has 0 aliphatic carbocycles. The van der Waals surface area contributed by atoms with Crippen LogP contribution in [0.25, 0.3) is 6.08 Å². The van der Waals surface area contributed by atoms with Crippen LogP contribution in [0.2, 0.25) is 0 Å². The molecule has 3 aromatic carbocycles. The van der Waals surface area contributed by atoms with E-state index < -0.39 is 18.0 Å². The molecule has 1 atom stereocenters. The molecule has 0 bridgehead atoms. The first-order chi connectivity index (χ1) is 25.6. The van der Waals surface area contributed by atoms with Crippen molar-refractivity contribution >= 4 is 51.9 Å². The molecule has 0 N–H and O–H groups in total. The molecule has 4 aromatic rings. The van der Waals surface area contributed by atoms with Gasteiger partial charge in [0, 0.05) is 9.13 Å². The highest BCUT2D eigenvalue weighted by Gasteiger charge is 2.34. The maximum absolute atomic E-state index is 14.4. The van der Waals surface area contributed by atoms with E-state index in [-0.39, 0.29) is 24.3 Å². The fraction of sp³-hybridized carbons (Fsp3) is 0.300. The Labute approximate surface area is 325 Å². The molecule has 0 spiro atoms. The molecule has 1 aliphatic rings. The van der Waals surface area contributed by atoms with Crippen molar-refractivity contribution in [2.45, 2.75) is 46.8 Å². The summed E-state index contributed by atoms with van der Waals surface area (Å²) in [7, 11) is 1.27. The lowest BCUT2D eigenvalue weighted by atomic mass is 9.95. The number of benzene rings is 3. The normalized spacial score (nSPS) is 13.8. The summed E-state index contributed by atoms with van der Waals surface area (Å²) < 4.78 is 37.1. The number of halogens is 1. The minimum atomic E-state index is -0.895. The monoisotopic (exact) mass is 852 g/mol. The third kappa shape index (κ3) is 9.19. The summed E-state index contributed by atoms with van der Waals surface area (Å²) in [6, 6.07) is 16.1. The number of carbonyl (C=O) groups is 2. The fourth-order valence-corrected chi connectivity index (χ4v) is 7.18. The van der Waals surface area contributed by atoms with Crippen molar-refractivity contribution in [1.82, 2.24) is 4.57 Å². The SMILES string of the molecule is C=CCc1cc(/C=c2\sc3n(c2=O)[C@@H](c2ccc(OCC(=O)OC)c(OCC)c2)C(C(=O)OCC)=C(C)N=3)cc(OCC)c1OCc1ccc(I)cc1. The lowest BCUT2D eigenvalue weighted by Gasteiger charge is -2.25. The number of esters is 2. The van der Waals surface area contributed by atoms with Gasteiger partial charge in [0.25, 0.3) is 5.56 Å². The first-order valence-corrected chi connectivity index (χ1v) is 19.0. The second-order valence-electron chi connectivity index (χ2n) is 11.7. The Morgan fingerprint density at radius 1 is 0.943 bits per heavy atom. The largest absolute Gasteiger partial charge is 0.490 e. The summed E-state index contributed by atoms with van der Waals surface area (Å²) in [5.41, 5.74) is 3.45. The zero-order valence-corrected chi connectivity index (χ0v) is 33.2. The van der Waals surface area contributed by atoms with Crippen LogP contribution in [0, 0.1) is 3.57 Å². The number of allylic oxidation sites excluding steroid dienone is 2. The number of methoxy groups -OCH3 is 1. The van der Waals surface area contributed by atoms with E-state index >= 15 is 0 Å². The predicted octanol–water partition coefficient (Wildman–Crippen LogP) is 6.06. The molecule has 13 heteroatoms. The van der Waals surface area contributed by atoms with Crippen LogP contribution in [0.15, 0.2) is 88.3 Å². The van der Waals surface area contributed by atoms with Gasteiger partial charge in [0.05, 0.1) is 48.8 Å². The third-order valence-electron chi connectivity index (χ3n) is 8.09. The number of fused-ring (bicyclic) bond motifs is 1. The van der Waals surface area contributed by atoms with Crippen molar-refractivity contribution in [3.05, 3.63) is 124 Å². The molecule has 0 unspecified atom stereocenters. The molecular weight excluding hydrogens is 811 g/mol. The molecule has 0 amide bonds. The van der Waals surface area contributed by atoms with Crippen molar-refractivity contribution in [3.8, 4) is 23.0 Å². The smallest absolute Gasteiger partial charge is 0.343 e. The van der Waals surface area contributed by atoms with Gasteiger partial charge in [0.15, 0.2) is 34.4 Å². The van der Waals surface area contributed by atoms with Crippen molar-refractivity contribution in [3.63, 3.8) is 0 Å². The Bertz CT molecular complexity index is 2210. The molecular formula is C40H41IN2O9S. The van der Waals surface area contributed by atoms with Crippen LogP contribution in [-0.4, -0.2) is 50.0 Å². The van der Waals surface area contributed by atoms with E-state index in [1.54, 1.807) is 44.2 Å². The molecule has 2 heterocycles. The van der Waals surface area contributed by atoms with E-state index in [2.05, 4.69) is 29.2 Å². The average molecular weight is 853 g/mol. The molecule has 53 heavy (non-hydrogen) atoms. The summed E-state index contributed by atoms with van der Waals surface area (Å²) in [5.74, 6) is 0.652. The molecule has 0 saturated heterocycles. The van der Waals surface area contributed by atoms with E-state index in [4.69, 9.17) is 33.4 Å². The van der Waals surface area contributed by atoms with E-state index in [9.17, 15) is 14.4 Å². The summed E-state index contributed by atoms with van der Waals surface area (Å²) in [4.78, 5) is 44.8. The third-order valence-corrected chi connectivity index (χ3v) is 9.79. The van der Waals surface area contributed by atoms with E-state index in [1.807, 2.05) is 50.2 Å². The van der Waals surface area contributed by atoms with Gasteiger partial charge < -0.3 is 28.4 Å². The second-order valence-corrected chi connectivity index (χ2v) is 13.9. The highest BCUT2D eigenvalue weighted by atomic mass is 127. The van der Waals surface area contributed by atoms with Crippen molar-refractivity contribution in [2.24, 2.45) is 4.99 Å². The van der Waals surface area contributed by atoms with Crippen molar-refractivity contribution in [1.29, 1.82) is 0 Å². The average Bonchev–Trinajstić information content (AvgIpc) is 3.44. The fourth-order valence-electron chi connectivity index (χ4n) is 5.77. The van der Waals surface area contributed by atoms with E-state index in [0.717, 1.165) is 20.3 Å². The number of aromatic nitrogens is 1. The number of ether oxygens (including phenoxy) is 6. The number of thiazole rings is 1. The van der Waals surface area contributed by atoms with Crippen LogP contribution >= 0.6 is 33.9 Å². The molecule has 1 aromatic heterocycles. The summed E-state index contributed by atoms with van der Waals surface area (Å²) >= 11 is 3.48. The van der Waals surface area contributed by atoms with Crippen LogP contribution in [0.5, 0.6) is 23.0 Å². The highest BCUT2D eigenvalue weighted by molar-refractivity contribution is 14.1. The van der Waals surface area contributed by atoms with Gasteiger partial charge in [0.1, 0.15) is 6.61 Å². The van der Waals surface area contributed by atoms with Crippen molar-refractivity contribution in [2.75, 3.05) is 33.5 Å². The molecule has 11 nitrogen and oxygen atoms in total. The molecule has 1 aliphatic heterocycles. The minimum Gasteiger partial charge on any atom is -0.490 e. The molecule has 5 rings (SSSR count). The number of rotatable bonds is 16. The Hall–Kier alpha value is -4.89. The minimum absolute atomic E-state index is 0.136. The lowest BCUT2D eigenvalue weighted by molar-refractivity contribution is -0.143. The number of hydrogen-bond acceptors (Lipinski definition) is 11. The van der Waals surface area contributed by atoms with Crippen molar-refractivity contribution < 1.29 is 38.0 Å². The Morgan fingerprint density at radius 3 is 2.36 bits per heavy atom. The van der Waals surface area contributed by atoms with E-state index in [0.29, 0.717) is 69.8 Å². The molecule has 0 saturated carbocycles. The lowest BCUT2D eigenvalue weighted by Crippen LogP contribution is -2.40. The Kier molecular flexibility index (Phi) is 13.5. The number of nitrogens with zero attached hydrogens (tertiary/aromatic N) is 2. The number of hydrogen-bond donors (Lipinski definition) is 0. The summed E-state index contributed by atoms with van der Waals surface area (Å²) in [6.45, 7) is 12.0. The summed E-state index contributed by atoms with van der Waals surface area (Å²) in [6.07, 6.45) is 4.09. The van der Waals surface area contributed by atoms with Gasteiger partial charge in [-0.15, -0.1) is 6.58 Å². The highest BCUT2D eigenvalue weighted by Crippen LogP contribution is 2.37. The van der Waals surface area contributed by atoms with Crippen LogP contribution in [0.3, 0.4) is 0 Å². The van der Waals surface area contributed by atoms with Gasteiger partial charge in [-0.25, -0.2) is 14.6 Å². The van der Waals surface area contributed by atoms with Crippen LogP contribution in [-0.2, 0) is 32.1 Å². The maximum atomic E-state index is 14.4. The summed E-state index contributed by atoms with van der Waals surface area (Å²) in [5, 5.41) is 0. The first-order valence-electron chi connectivity index (χ1n) is 17.1. The molecule has 278 valence electrons. The van der Waals surface area contributed by atoms with Gasteiger partial charge in [-0.3, -0.25) is 9.36 Å². The van der Waals surface area contributed by atoms with Crippen LogP contribution in [0.4, 0.5) is 0 Å². The quantitative estimate of drug-likeness (QED) is 0.0753. The van der Waals surface area contributed by atoms with Crippen LogP contribution in [0.1, 0.15) is 56.0 Å². The maximum Gasteiger partial charge on any atom is 0.343 e.